The molecule has 0 fully saturated rings. The van der Waals surface area contributed by atoms with E-state index in [0.717, 1.165) is 22.1 Å². The quantitative estimate of drug-likeness (QED) is 0.370. The highest BCUT2D eigenvalue weighted by Gasteiger charge is 2.15. The van der Waals surface area contributed by atoms with E-state index in [9.17, 15) is 8.78 Å². The summed E-state index contributed by atoms with van der Waals surface area (Å²) >= 11 is 1.49. The number of hydrogen-bond donors (Lipinski definition) is 0. The average molecular weight is 403 g/mol. The summed E-state index contributed by atoms with van der Waals surface area (Å²) in [6.07, 6.45) is 1.79. The molecule has 3 rings (SSSR count). The molecule has 0 aliphatic rings. The number of rotatable bonds is 9. The van der Waals surface area contributed by atoms with Gasteiger partial charge in [0.25, 0.3) is 0 Å². The minimum atomic E-state index is -2.90. The number of halogens is 2. The molecule has 0 bridgehead atoms. The van der Waals surface area contributed by atoms with Crippen molar-refractivity contribution in [3.63, 3.8) is 0 Å². The highest BCUT2D eigenvalue weighted by atomic mass is 32.2. The molecule has 0 atom stereocenters. The van der Waals surface area contributed by atoms with Gasteiger partial charge in [-0.15, -0.1) is 16.8 Å². The van der Waals surface area contributed by atoms with Crippen molar-refractivity contribution in [2.75, 3.05) is 7.11 Å². The van der Waals surface area contributed by atoms with Gasteiger partial charge in [0.15, 0.2) is 22.5 Å². The second kappa shape index (κ2) is 9.36. The van der Waals surface area contributed by atoms with E-state index in [2.05, 4.69) is 21.5 Å². The molecule has 0 spiro atoms. The second-order valence-corrected chi connectivity index (χ2v) is 6.67. The molecule has 1 heterocycles. The molecular formula is C20H19F2N3O2S. The zero-order valence-corrected chi connectivity index (χ0v) is 16.0. The number of ether oxygens (including phenoxy) is 2. The van der Waals surface area contributed by atoms with Crippen LogP contribution in [0.15, 0.2) is 66.3 Å². The number of nitrogens with zero attached hydrogens (tertiary/aromatic N) is 3. The molecule has 0 saturated heterocycles. The lowest BCUT2D eigenvalue weighted by Gasteiger charge is -2.11. The van der Waals surface area contributed by atoms with Crippen molar-refractivity contribution in [1.29, 1.82) is 0 Å². The van der Waals surface area contributed by atoms with Crippen LogP contribution in [-0.4, -0.2) is 28.5 Å². The Morgan fingerprint density at radius 2 is 1.93 bits per heavy atom. The lowest BCUT2D eigenvalue weighted by atomic mass is 10.2. The van der Waals surface area contributed by atoms with Crippen molar-refractivity contribution in [3.8, 4) is 22.9 Å². The van der Waals surface area contributed by atoms with Gasteiger partial charge in [0.2, 0.25) is 0 Å². The fraction of sp³-hybridized carbons (Fsp3) is 0.200. The number of thioether (sulfide) groups is 1. The number of aromatic nitrogens is 3. The molecule has 0 N–H and O–H groups in total. The number of hydrogen-bond acceptors (Lipinski definition) is 5. The Morgan fingerprint density at radius 3 is 2.61 bits per heavy atom. The zero-order valence-electron chi connectivity index (χ0n) is 15.2. The van der Waals surface area contributed by atoms with Crippen LogP contribution in [0, 0.1) is 0 Å². The van der Waals surface area contributed by atoms with Gasteiger partial charge >= 0.3 is 6.61 Å². The lowest BCUT2D eigenvalue weighted by Crippen LogP contribution is -2.04. The van der Waals surface area contributed by atoms with Crippen molar-refractivity contribution < 1.29 is 18.3 Å². The van der Waals surface area contributed by atoms with Gasteiger partial charge in [0.05, 0.1) is 7.11 Å². The normalized spacial score (nSPS) is 10.9. The molecule has 0 saturated carbocycles. The van der Waals surface area contributed by atoms with Crippen molar-refractivity contribution in [2.24, 2.45) is 0 Å². The van der Waals surface area contributed by atoms with Crippen LogP contribution < -0.4 is 9.47 Å². The van der Waals surface area contributed by atoms with E-state index < -0.39 is 6.61 Å². The average Bonchev–Trinajstić information content (AvgIpc) is 3.10. The van der Waals surface area contributed by atoms with Gasteiger partial charge in [0, 0.05) is 17.9 Å². The minimum absolute atomic E-state index is 0.00689. The highest BCUT2D eigenvalue weighted by molar-refractivity contribution is 7.98. The molecular weight excluding hydrogens is 384 g/mol. The third-order valence-corrected chi connectivity index (χ3v) is 4.91. The first-order chi connectivity index (χ1) is 13.6. The number of benzene rings is 2. The fourth-order valence-electron chi connectivity index (χ4n) is 2.63. The molecule has 8 heteroatoms. The van der Waals surface area contributed by atoms with E-state index >= 15 is 0 Å². The van der Waals surface area contributed by atoms with Gasteiger partial charge < -0.3 is 9.47 Å². The summed E-state index contributed by atoms with van der Waals surface area (Å²) < 4.78 is 36.5. The van der Waals surface area contributed by atoms with Crippen LogP contribution in [0.5, 0.6) is 11.5 Å². The summed E-state index contributed by atoms with van der Waals surface area (Å²) in [7, 11) is 1.41. The Bertz CT molecular complexity index is 932. The maximum atomic E-state index is 12.5. The van der Waals surface area contributed by atoms with Crippen molar-refractivity contribution in [2.45, 2.75) is 24.1 Å². The van der Waals surface area contributed by atoms with Crippen LogP contribution in [0.3, 0.4) is 0 Å². The third-order valence-electron chi connectivity index (χ3n) is 3.87. The van der Waals surface area contributed by atoms with Gasteiger partial charge in [-0.05, 0) is 17.7 Å². The van der Waals surface area contributed by atoms with Crippen LogP contribution in [-0.2, 0) is 12.3 Å². The van der Waals surface area contributed by atoms with Crippen LogP contribution in [0.25, 0.3) is 11.4 Å². The standard InChI is InChI=1S/C20H19F2N3O2S/c1-3-11-25-18(15-7-5-4-6-8-15)23-24-20(25)28-13-14-9-10-16(27-19(21)22)17(12-14)26-2/h3-10,12,19H,1,11,13H2,2H3. The van der Waals surface area contributed by atoms with Crippen molar-refractivity contribution in [1.82, 2.24) is 14.8 Å². The smallest absolute Gasteiger partial charge is 0.387 e. The molecule has 3 aromatic rings. The Labute approximate surface area is 166 Å². The van der Waals surface area contributed by atoms with Crippen LogP contribution in [0.1, 0.15) is 5.56 Å². The van der Waals surface area contributed by atoms with Crippen LogP contribution in [0.4, 0.5) is 8.78 Å². The summed E-state index contributed by atoms with van der Waals surface area (Å²) in [5, 5.41) is 9.35. The van der Waals surface area contributed by atoms with E-state index in [1.54, 1.807) is 18.2 Å². The van der Waals surface area contributed by atoms with Gasteiger partial charge in [-0.1, -0.05) is 54.2 Å². The first-order valence-electron chi connectivity index (χ1n) is 8.46. The summed E-state index contributed by atoms with van der Waals surface area (Å²) in [5.41, 5.74) is 1.86. The largest absolute Gasteiger partial charge is 0.493 e. The Hall–Kier alpha value is -2.87. The zero-order chi connectivity index (χ0) is 19.9. The fourth-order valence-corrected chi connectivity index (χ4v) is 3.52. The molecule has 0 amide bonds. The van der Waals surface area contributed by atoms with Gasteiger partial charge in [-0.2, -0.15) is 8.78 Å². The SMILES string of the molecule is C=CCn1c(SCc2ccc(OC(F)F)c(OC)c2)nnc1-c1ccccc1. The third kappa shape index (κ3) is 4.69. The van der Waals surface area contributed by atoms with E-state index in [4.69, 9.17) is 4.74 Å². The summed E-state index contributed by atoms with van der Waals surface area (Å²) in [4.78, 5) is 0. The summed E-state index contributed by atoms with van der Waals surface area (Å²) in [6, 6.07) is 14.7. The second-order valence-electron chi connectivity index (χ2n) is 5.72. The van der Waals surface area contributed by atoms with E-state index in [1.807, 2.05) is 34.9 Å². The number of allylic oxidation sites excluding steroid dienone is 1. The molecule has 2 aromatic carbocycles. The number of alkyl halides is 2. The van der Waals surface area contributed by atoms with Crippen LogP contribution in [0.2, 0.25) is 0 Å². The van der Waals surface area contributed by atoms with Crippen LogP contribution >= 0.6 is 11.8 Å². The maximum Gasteiger partial charge on any atom is 0.387 e. The van der Waals surface area contributed by atoms with Gasteiger partial charge in [0.1, 0.15) is 0 Å². The maximum absolute atomic E-state index is 12.5. The molecule has 0 aliphatic heterocycles. The molecule has 0 aliphatic carbocycles. The summed E-state index contributed by atoms with van der Waals surface area (Å²) in [6.45, 7) is 1.48. The van der Waals surface area contributed by atoms with Crippen molar-refractivity contribution >= 4 is 11.8 Å². The first-order valence-corrected chi connectivity index (χ1v) is 9.45. The predicted octanol–water partition coefficient (Wildman–Crippen LogP) is 5.03. The van der Waals surface area contributed by atoms with Gasteiger partial charge in [-0.3, -0.25) is 4.57 Å². The Morgan fingerprint density at radius 1 is 1.14 bits per heavy atom. The minimum Gasteiger partial charge on any atom is -0.493 e. The molecule has 146 valence electrons. The van der Waals surface area contributed by atoms with E-state index in [0.29, 0.717) is 12.3 Å². The Balaban J connectivity index is 1.79. The molecule has 5 nitrogen and oxygen atoms in total. The van der Waals surface area contributed by atoms with E-state index in [1.165, 1.54) is 24.9 Å². The molecule has 28 heavy (non-hydrogen) atoms. The Kier molecular flexibility index (Phi) is 6.65. The molecule has 0 unspecified atom stereocenters. The monoisotopic (exact) mass is 403 g/mol. The topological polar surface area (TPSA) is 49.2 Å². The molecule has 1 aromatic heterocycles. The lowest BCUT2D eigenvalue weighted by molar-refractivity contribution is -0.0512. The predicted molar refractivity (Wildman–Crippen MR) is 105 cm³/mol. The van der Waals surface area contributed by atoms with Crippen molar-refractivity contribution in [3.05, 3.63) is 66.7 Å². The summed E-state index contributed by atoms with van der Waals surface area (Å²) in [5.74, 6) is 1.60. The van der Waals surface area contributed by atoms with Gasteiger partial charge in [-0.25, -0.2) is 0 Å². The highest BCUT2D eigenvalue weighted by Crippen LogP contribution is 2.32. The molecule has 0 radical (unpaired) electrons. The first kappa shape index (κ1) is 19.9. The number of methoxy groups -OCH3 is 1. The van der Waals surface area contributed by atoms with E-state index in [-0.39, 0.29) is 11.5 Å².